The van der Waals surface area contributed by atoms with Crippen LogP contribution in [0.25, 0.3) is 0 Å². The molecule has 0 unspecified atom stereocenters. The number of hydrogen-bond acceptors (Lipinski definition) is 2. The third kappa shape index (κ3) is 2.06. The molecule has 1 N–H and O–H groups in total. The molecular weight excluding hydrogens is 178 g/mol. The molecule has 1 nitrogen and oxygen atoms in total. The van der Waals surface area contributed by atoms with E-state index in [9.17, 15) is 0 Å². The van der Waals surface area contributed by atoms with Gasteiger partial charge in [0.2, 0.25) is 0 Å². The van der Waals surface area contributed by atoms with Gasteiger partial charge in [-0.3, -0.25) is 5.32 Å². The van der Waals surface area contributed by atoms with Crippen LogP contribution >= 0.6 is 11.8 Å². The van der Waals surface area contributed by atoms with Gasteiger partial charge in [0.25, 0.3) is 0 Å². The van der Waals surface area contributed by atoms with Crippen LogP contribution in [0.1, 0.15) is 24.4 Å². The van der Waals surface area contributed by atoms with E-state index in [-0.39, 0.29) is 0 Å². The molecule has 1 aliphatic heterocycles. The summed E-state index contributed by atoms with van der Waals surface area (Å²) in [5.74, 6) is 0. The molecular formula is C11H15NS. The largest absolute Gasteiger partial charge is 0.298 e. The first kappa shape index (κ1) is 9.10. The fraction of sp³-hybridized carbons (Fsp3) is 0.455. The Morgan fingerprint density at radius 3 is 2.62 bits per heavy atom. The Balaban J connectivity index is 2.04. The summed E-state index contributed by atoms with van der Waals surface area (Å²) in [6, 6.07) is 11.3. The third-order valence-corrected chi connectivity index (χ3v) is 3.53. The van der Waals surface area contributed by atoms with Gasteiger partial charge in [0.15, 0.2) is 0 Å². The van der Waals surface area contributed by atoms with Crippen LogP contribution in [0.15, 0.2) is 30.3 Å². The van der Waals surface area contributed by atoms with Gasteiger partial charge in [0.1, 0.15) is 0 Å². The molecule has 13 heavy (non-hydrogen) atoms. The van der Waals surface area contributed by atoms with Gasteiger partial charge in [-0.25, -0.2) is 0 Å². The van der Waals surface area contributed by atoms with Gasteiger partial charge < -0.3 is 0 Å². The number of rotatable bonds is 2. The average Bonchev–Trinajstić information content (AvgIpc) is 2.67. The maximum atomic E-state index is 3.62. The monoisotopic (exact) mass is 193 g/mol. The van der Waals surface area contributed by atoms with E-state index in [0.29, 0.717) is 11.4 Å². The average molecular weight is 193 g/mol. The van der Waals surface area contributed by atoms with Gasteiger partial charge in [0, 0.05) is 6.04 Å². The zero-order valence-electron chi connectivity index (χ0n) is 7.86. The van der Waals surface area contributed by atoms with Crippen LogP contribution in [0.4, 0.5) is 0 Å². The van der Waals surface area contributed by atoms with Crippen LogP contribution in [-0.2, 0) is 0 Å². The quantitative estimate of drug-likeness (QED) is 0.775. The highest BCUT2D eigenvalue weighted by Gasteiger charge is 2.23. The summed E-state index contributed by atoms with van der Waals surface area (Å²) in [6.07, 6.45) is 4.74. The molecule has 0 radical (unpaired) electrons. The van der Waals surface area contributed by atoms with Crippen molar-refractivity contribution in [1.29, 1.82) is 0 Å². The zero-order valence-corrected chi connectivity index (χ0v) is 8.68. The van der Waals surface area contributed by atoms with Crippen molar-refractivity contribution >= 4 is 11.8 Å². The standard InChI is InChI=1S/C11H15NS/c1-13-11-8-7-10(12-11)9-5-3-2-4-6-9/h2-6,10-12H,7-8H2,1H3/t10-,11-/m1/s1. The lowest BCUT2D eigenvalue weighted by Crippen LogP contribution is -2.20. The van der Waals surface area contributed by atoms with Gasteiger partial charge in [0.05, 0.1) is 5.37 Å². The first-order valence-corrected chi connectivity index (χ1v) is 6.03. The molecule has 0 amide bonds. The molecule has 2 rings (SSSR count). The van der Waals surface area contributed by atoms with E-state index < -0.39 is 0 Å². The van der Waals surface area contributed by atoms with Crippen LogP contribution in [0.2, 0.25) is 0 Å². The summed E-state index contributed by atoms with van der Waals surface area (Å²) in [6.45, 7) is 0. The lowest BCUT2D eigenvalue weighted by molar-refractivity contribution is 0.637. The van der Waals surface area contributed by atoms with Crippen molar-refractivity contribution in [3.8, 4) is 0 Å². The lowest BCUT2D eigenvalue weighted by Gasteiger charge is -2.12. The SMILES string of the molecule is CS[C@@H]1CC[C@H](c2ccccc2)N1. The fourth-order valence-electron chi connectivity index (χ4n) is 1.84. The highest BCUT2D eigenvalue weighted by molar-refractivity contribution is 7.99. The Hall–Kier alpha value is -0.470. The minimum Gasteiger partial charge on any atom is -0.298 e. The second kappa shape index (κ2) is 4.16. The molecule has 2 atom stereocenters. The van der Waals surface area contributed by atoms with E-state index in [2.05, 4.69) is 41.9 Å². The van der Waals surface area contributed by atoms with Crippen molar-refractivity contribution < 1.29 is 0 Å². The summed E-state index contributed by atoms with van der Waals surface area (Å²) < 4.78 is 0. The Morgan fingerprint density at radius 2 is 2.00 bits per heavy atom. The molecule has 70 valence electrons. The van der Waals surface area contributed by atoms with Crippen LogP contribution in [-0.4, -0.2) is 11.6 Å². The minimum atomic E-state index is 0.582. The Morgan fingerprint density at radius 1 is 1.23 bits per heavy atom. The smallest absolute Gasteiger partial charge is 0.0534 e. The summed E-state index contributed by atoms with van der Waals surface area (Å²) in [4.78, 5) is 0. The Kier molecular flexibility index (Phi) is 2.91. The molecule has 0 aromatic heterocycles. The molecule has 1 aromatic rings. The van der Waals surface area contributed by atoms with E-state index in [4.69, 9.17) is 0 Å². The van der Waals surface area contributed by atoms with E-state index in [1.165, 1.54) is 18.4 Å². The predicted molar refractivity (Wildman–Crippen MR) is 58.9 cm³/mol. The second-order valence-electron chi connectivity index (χ2n) is 3.43. The molecule has 1 fully saturated rings. The normalized spacial score (nSPS) is 27.8. The van der Waals surface area contributed by atoms with E-state index >= 15 is 0 Å². The number of benzene rings is 1. The van der Waals surface area contributed by atoms with Crippen molar-refractivity contribution in [2.45, 2.75) is 24.3 Å². The molecule has 1 saturated heterocycles. The summed E-state index contributed by atoms with van der Waals surface area (Å²) in [5.41, 5.74) is 1.43. The first-order chi connectivity index (χ1) is 6.40. The molecule has 1 aromatic carbocycles. The number of nitrogens with one attached hydrogen (secondary N) is 1. The van der Waals surface area contributed by atoms with Gasteiger partial charge in [-0.15, -0.1) is 11.8 Å². The summed E-state index contributed by atoms with van der Waals surface area (Å²) >= 11 is 1.92. The topological polar surface area (TPSA) is 12.0 Å². The molecule has 2 heteroatoms. The third-order valence-electron chi connectivity index (χ3n) is 2.59. The minimum absolute atomic E-state index is 0.582. The van der Waals surface area contributed by atoms with E-state index in [0.717, 1.165) is 0 Å². The van der Waals surface area contributed by atoms with Gasteiger partial charge in [-0.2, -0.15) is 0 Å². The van der Waals surface area contributed by atoms with Crippen molar-refractivity contribution in [3.63, 3.8) is 0 Å². The van der Waals surface area contributed by atoms with Gasteiger partial charge in [-0.05, 0) is 24.7 Å². The Bertz CT molecular complexity index is 260. The van der Waals surface area contributed by atoms with Crippen LogP contribution < -0.4 is 5.32 Å². The predicted octanol–water partition coefficient (Wildman–Crippen LogP) is 2.80. The van der Waals surface area contributed by atoms with Crippen molar-refractivity contribution in [3.05, 3.63) is 35.9 Å². The van der Waals surface area contributed by atoms with E-state index in [1.807, 2.05) is 11.8 Å². The first-order valence-electron chi connectivity index (χ1n) is 4.74. The van der Waals surface area contributed by atoms with Gasteiger partial charge >= 0.3 is 0 Å². The molecule has 0 aliphatic carbocycles. The van der Waals surface area contributed by atoms with E-state index in [1.54, 1.807) is 0 Å². The second-order valence-corrected chi connectivity index (χ2v) is 4.47. The molecule has 1 heterocycles. The summed E-state index contributed by atoms with van der Waals surface area (Å²) in [5, 5.41) is 4.28. The number of hydrogen-bond donors (Lipinski definition) is 1. The fourth-order valence-corrected chi connectivity index (χ4v) is 2.52. The molecule has 0 spiro atoms. The van der Waals surface area contributed by atoms with Gasteiger partial charge in [-0.1, -0.05) is 30.3 Å². The van der Waals surface area contributed by atoms with Crippen molar-refractivity contribution in [2.24, 2.45) is 0 Å². The van der Waals surface area contributed by atoms with Crippen molar-refractivity contribution in [2.75, 3.05) is 6.26 Å². The van der Waals surface area contributed by atoms with Crippen molar-refractivity contribution in [1.82, 2.24) is 5.32 Å². The number of thioether (sulfide) groups is 1. The lowest BCUT2D eigenvalue weighted by atomic mass is 10.1. The highest BCUT2D eigenvalue weighted by atomic mass is 32.2. The molecule has 0 saturated carbocycles. The van der Waals surface area contributed by atoms with Crippen LogP contribution in [0.5, 0.6) is 0 Å². The molecule has 1 aliphatic rings. The maximum Gasteiger partial charge on any atom is 0.0534 e. The molecule has 0 bridgehead atoms. The summed E-state index contributed by atoms with van der Waals surface area (Å²) in [7, 11) is 0. The highest BCUT2D eigenvalue weighted by Crippen LogP contribution is 2.29. The van der Waals surface area contributed by atoms with Crippen LogP contribution in [0, 0.1) is 0 Å². The van der Waals surface area contributed by atoms with Crippen LogP contribution in [0.3, 0.4) is 0 Å². The zero-order chi connectivity index (χ0) is 9.10. The Labute approximate surface area is 83.9 Å². The maximum absolute atomic E-state index is 3.62.